The molecule has 0 aromatic rings. The zero-order valence-electron chi connectivity index (χ0n) is 11.9. The Hall–Kier alpha value is -0.420. The maximum atomic E-state index is 12.2. The molecule has 18 heavy (non-hydrogen) atoms. The van der Waals surface area contributed by atoms with E-state index in [-0.39, 0.29) is 18.1 Å². The molecule has 1 aliphatic heterocycles. The molecule has 106 valence electrons. The van der Waals surface area contributed by atoms with Gasteiger partial charge < -0.3 is 4.90 Å². The van der Waals surface area contributed by atoms with Gasteiger partial charge in [0.25, 0.3) is 0 Å². The number of hydrogen-bond acceptors (Lipinski definition) is 3. The molecule has 3 atom stereocenters. The number of hydrogen-bond donors (Lipinski definition) is 1. The molecule has 1 amide bonds. The third kappa shape index (κ3) is 4.35. The van der Waals surface area contributed by atoms with Crippen LogP contribution in [-0.4, -0.2) is 45.8 Å². The molecule has 5 heteroatoms. The predicted molar refractivity (Wildman–Crippen MR) is 75.7 cm³/mol. The van der Waals surface area contributed by atoms with Crippen LogP contribution in [0.1, 0.15) is 40.0 Å². The van der Waals surface area contributed by atoms with Gasteiger partial charge >= 0.3 is 0 Å². The van der Waals surface area contributed by atoms with Gasteiger partial charge in [-0.15, -0.1) is 0 Å². The van der Waals surface area contributed by atoms with Crippen molar-refractivity contribution in [2.24, 2.45) is 5.92 Å². The third-order valence-electron chi connectivity index (χ3n) is 3.28. The Morgan fingerprint density at radius 3 is 2.61 bits per heavy atom. The van der Waals surface area contributed by atoms with E-state index in [1.807, 2.05) is 11.8 Å². The van der Waals surface area contributed by atoms with Gasteiger partial charge in [0, 0.05) is 29.4 Å². The number of carbonyl (C=O) groups is 1. The van der Waals surface area contributed by atoms with Crippen molar-refractivity contribution >= 4 is 16.7 Å². The normalized spacial score (nSPS) is 26.1. The number of carbonyl (C=O) groups excluding carboxylic acids is 1. The van der Waals surface area contributed by atoms with Crippen molar-refractivity contribution in [1.29, 1.82) is 0 Å². The lowest BCUT2D eigenvalue weighted by Gasteiger charge is -2.25. The highest BCUT2D eigenvalue weighted by molar-refractivity contribution is 7.84. The molecule has 1 aliphatic rings. The van der Waals surface area contributed by atoms with Crippen LogP contribution in [0.15, 0.2) is 0 Å². The number of amides is 1. The molecule has 0 bridgehead atoms. The van der Waals surface area contributed by atoms with Gasteiger partial charge in [0.1, 0.15) is 0 Å². The highest BCUT2D eigenvalue weighted by atomic mass is 32.2. The molecule has 0 aromatic carbocycles. The van der Waals surface area contributed by atoms with Crippen LogP contribution in [0.2, 0.25) is 0 Å². The topological polar surface area (TPSA) is 49.4 Å². The minimum Gasteiger partial charge on any atom is -0.326 e. The van der Waals surface area contributed by atoms with Gasteiger partial charge in [-0.1, -0.05) is 20.8 Å². The zero-order valence-corrected chi connectivity index (χ0v) is 12.8. The van der Waals surface area contributed by atoms with Gasteiger partial charge in [-0.3, -0.25) is 14.3 Å². The Bertz CT molecular complexity index is 307. The summed E-state index contributed by atoms with van der Waals surface area (Å²) in [4.78, 5) is 14.1. The lowest BCUT2D eigenvalue weighted by Crippen LogP contribution is -2.39. The minimum absolute atomic E-state index is 0.0270. The fraction of sp³-hybridized carbons (Fsp3) is 0.923. The van der Waals surface area contributed by atoms with E-state index >= 15 is 0 Å². The molecule has 1 fully saturated rings. The van der Waals surface area contributed by atoms with E-state index in [4.69, 9.17) is 0 Å². The van der Waals surface area contributed by atoms with E-state index in [1.165, 1.54) is 0 Å². The summed E-state index contributed by atoms with van der Waals surface area (Å²) in [7, 11) is -0.768. The second kappa shape index (κ2) is 7.24. The summed E-state index contributed by atoms with van der Waals surface area (Å²) in [6.07, 6.45) is 4.51. The molecule has 0 radical (unpaired) electrons. The van der Waals surface area contributed by atoms with Crippen molar-refractivity contribution in [2.45, 2.75) is 52.2 Å². The van der Waals surface area contributed by atoms with Gasteiger partial charge in [-0.2, -0.15) is 0 Å². The molecule has 1 heterocycles. The van der Waals surface area contributed by atoms with Crippen molar-refractivity contribution < 1.29 is 9.00 Å². The van der Waals surface area contributed by atoms with Crippen LogP contribution in [-0.2, 0) is 15.6 Å². The van der Waals surface area contributed by atoms with Crippen molar-refractivity contribution in [3.8, 4) is 0 Å². The molecule has 0 aromatic heterocycles. The first-order valence-electron chi connectivity index (χ1n) is 6.82. The molecule has 0 saturated carbocycles. The molecule has 0 aliphatic carbocycles. The van der Waals surface area contributed by atoms with Crippen LogP contribution < -0.4 is 5.32 Å². The Morgan fingerprint density at radius 2 is 2.11 bits per heavy atom. The number of nitrogens with zero attached hydrogens (tertiary/aromatic N) is 1. The Balaban J connectivity index is 2.57. The van der Waals surface area contributed by atoms with Crippen LogP contribution >= 0.6 is 0 Å². The molecular formula is C13H26N2O2S. The van der Waals surface area contributed by atoms with Gasteiger partial charge in [-0.25, -0.2) is 0 Å². The van der Waals surface area contributed by atoms with E-state index in [9.17, 15) is 9.00 Å². The summed E-state index contributed by atoms with van der Waals surface area (Å²) in [5.41, 5.74) is 0. The van der Waals surface area contributed by atoms with Crippen molar-refractivity contribution in [2.75, 3.05) is 18.6 Å². The quantitative estimate of drug-likeness (QED) is 0.762. The lowest BCUT2D eigenvalue weighted by molar-refractivity contribution is -0.130. The fourth-order valence-corrected chi connectivity index (χ4v) is 2.92. The summed E-state index contributed by atoms with van der Waals surface area (Å²) in [6.45, 7) is 7.10. The highest BCUT2D eigenvalue weighted by Gasteiger charge is 2.37. The van der Waals surface area contributed by atoms with E-state index in [0.29, 0.717) is 11.7 Å². The monoisotopic (exact) mass is 274 g/mol. The van der Waals surface area contributed by atoms with Crippen molar-refractivity contribution in [1.82, 2.24) is 10.2 Å². The maximum absolute atomic E-state index is 12.2. The summed E-state index contributed by atoms with van der Waals surface area (Å²) < 4.78 is 11.1. The Labute approximate surface area is 113 Å². The average Bonchev–Trinajstić information content (AvgIpc) is 2.55. The van der Waals surface area contributed by atoms with Crippen LogP contribution in [0.4, 0.5) is 0 Å². The first-order chi connectivity index (χ1) is 8.45. The van der Waals surface area contributed by atoms with E-state index < -0.39 is 10.8 Å². The average molecular weight is 274 g/mol. The highest BCUT2D eigenvalue weighted by Crippen LogP contribution is 2.19. The SMILES string of the molecule is CCC1NC(CC(C)C)N(CCCS(C)=O)C1=O. The lowest BCUT2D eigenvalue weighted by atomic mass is 10.1. The molecule has 1 saturated heterocycles. The van der Waals surface area contributed by atoms with Gasteiger partial charge in [0.05, 0.1) is 12.2 Å². The Kier molecular flexibility index (Phi) is 6.29. The van der Waals surface area contributed by atoms with Crippen LogP contribution in [0.3, 0.4) is 0 Å². The van der Waals surface area contributed by atoms with Crippen LogP contribution in [0, 0.1) is 5.92 Å². The first-order valence-corrected chi connectivity index (χ1v) is 8.55. The van der Waals surface area contributed by atoms with Crippen LogP contribution in [0.5, 0.6) is 0 Å². The molecule has 4 nitrogen and oxygen atoms in total. The number of nitrogens with one attached hydrogen (secondary N) is 1. The van der Waals surface area contributed by atoms with Crippen LogP contribution in [0.25, 0.3) is 0 Å². The van der Waals surface area contributed by atoms with E-state index in [0.717, 1.165) is 25.8 Å². The molecule has 0 spiro atoms. The molecule has 3 unspecified atom stereocenters. The fourth-order valence-electron chi connectivity index (χ4n) is 2.39. The first kappa shape index (κ1) is 15.6. The summed E-state index contributed by atoms with van der Waals surface area (Å²) in [6, 6.07) is -0.0270. The van der Waals surface area contributed by atoms with Crippen molar-refractivity contribution in [3.63, 3.8) is 0 Å². The molecular weight excluding hydrogens is 248 g/mol. The van der Waals surface area contributed by atoms with Gasteiger partial charge in [0.15, 0.2) is 0 Å². The molecule has 1 rings (SSSR count). The van der Waals surface area contributed by atoms with Crippen molar-refractivity contribution in [3.05, 3.63) is 0 Å². The zero-order chi connectivity index (χ0) is 13.7. The third-order valence-corrected chi connectivity index (χ3v) is 4.15. The number of rotatable bonds is 7. The Morgan fingerprint density at radius 1 is 1.44 bits per heavy atom. The van der Waals surface area contributed by atoms with Gasteiger partial charge in [-0.05, 0) is 25.2 Å². The second-order valence-corrected chi connectivity index (χ2v) is 6.99. The largest absolute Gasteiger partial charge is 0.326 e. The summed E-state index contributed by atoms with van der Waals surface area (Å²) >= 11 is 0. The van der Waals surface area contributed by atoms with E-state index in [2.05, 4.69) is 19.2 Å². The maximum Gasteiger partial charge on any atom is 0.241 e. The standard InChI is InChI=1S/C13H26N2O2S/c1-5-11-13(16)15(7-6-8-18(4)17)12(14-11)9-10(2)3/h10-12,14H,5-9H2,1-4H3. The van der Waals surface area contributed by atoms with E-state index in [1.54, 1.807) is 6.26 Å². The second-order valence-electron chi connectivity index (χ2n) is 5.44. The predicted octanol–water partition coefficient (Wildman–Crippen LogP) is 1.34. The van der Waals surface area contributed by atoms with Gasteiger partial charge in [0.2, 0.25) is 5.91 Å². The molecule has 1 N–H and O–H groups in total. The smallest absolute Gasteiger partial charge is 0.241 e. The summed E-state index contributed by atoms with van der Waals surface area (Å²) in [5, 5.41) is 3.41. The summed E-state index contributed by atoms with van der Waals surface area (Å²) in [5.74, 6) is 1.45. The minimum atomic E-state index is -0.768.